The zero-order chi connectivity index (χ0) is 9.61. The first-order valence-electron chi connectivity index (χ1n) is 5.08. The van der Waals surface area contributed by atoms with Crippen molar-refractivity contribution < 1.29 is 4.74 Å². The highest BCUT2D eigenvalue weighted by molar-refractivity contribution is 6.59. The molecule has 0 saturated carbocycles. The van der Waals surface area contributed by atoms with Crippen LogP contribution in [0.2, 0.25) is 18.1 Å². The van der Waals surface area contributed by atoms with Crippen LogP contribution in [0.1, 0.15) is 33.6 Å². The van der Waals surface area contributed by atoms with Crippen LogP contribution in [0.5, 0.6) is 0 Å². The molecular weight excluding hydrogens is 164 g/mol. The summed E-state index contributed by atoms with van der Waals surface area (Å²) in [4.78, 5) is 0. The Morgan fingerprint density at radius 2 is 1.83 bits per heavy atom. The molecule has 0 aromatic carbocycles. The Hall–Kier alpha value is 0.177. The normalized spacial score (nSPS) is 12.5. The fourth-order valence-electron chi connectivity index (χ4n) is 0.748. The van der Waals surface area contributed by atoms with Crippen LogP contribution in [0, 0.1) is 0 Å². The molecule has 0 bridgehead atoms. The van der Waals surface area contributed by atoms with E-state index in [9.17, 15) is 0 Å². The molecule has 0 aliphatic rings. The van der Waals surface area contributed by atoms with E-state index in [2.05, 4.69) is 33.9 Å². The van der Waals surface area contributed by atoms with Crippen molar-refractivity contribution in [3.63, 3.8) is 0 Å². The van der Waals surface area contributed by atoms with Crippen LogP contribution in [0.15, 0.2) is 0 Å². The van der Waals surface area contributed by atoms with Gasteiger partial charge in [0.2, 0.25) is 0 Å². The summed E-state index contributed by atoms with van der Waals surface area (Å²) in [6.45, 7) is 13.5. The predicted octanol–water partition coefficient (Wildman–Crippen LogP) is 3.07. The maximum atomic E-state index is 5.63. The Kier molecular flexibility index (Phi) is 5.84. The highest BCUT2D eigenvalue weighted by Gasteiger charge is 2.23. The van der Waals surface area contributed by atoms with E-state index < -0.39 is 8.80 Å². The average Bonchev–Trinajstić information content (AvgIpc) is 1.98. The van der Waals surface area contributed by atoms with E-state index in [1.54, 1.807) is 0 Å². The summed E-state index contributed by atoms with van der Waals surface area (Å²) in [5.41, 5.74) is 0. The number of unbranched alkanes of at least 4 members (excludes halogenated alkanes) is 1. The van der Waals surface area contributed by atoms with Gasteiger partial charge in [0.05, 0.1) is 0 Å². The van der Waals surface area contributed by atoms with Gasteiger partial charge in [0.1, 0.15) is 0 Å². The van der Waals surface area contributed by atoms with Gasteiger partial charge in [-0.3, -0.25) is 0 Å². The van der Waals surface area contributed by atoms with Crippen molar-refractivity contribution in [2.24, 2.45) is 0 Å². The highest BCUT2D eigenvalue weighted by Crippen LogP contribution is 2.28. The molecule has 0 unspecified atom stereocenters. The second-order valence-electron chi connectivity index (χ2n) is 4.55. The summed E-state index contributed by atoms with van der Waals surface area (Å²) in [5.74, 6) is 0. The first kappa shape index (κ1) is 12.2. The Labute approximate surface area is 79.1 Å². The third kappa shape index (κ3) is 4.94. The number of hydrogen-bond acceptors (Lipinski definition) is 1. The third-order valence-electron chi connectivity index (χ3n) is 2.68. The monoisotopic (exact) mass is 188 g/mol. The molecule has 0 aromatic heterocycles. The minimum Gasteiger partial charge on any atom is -0.381 e. The Morgan fingerprint density at radius 1 is 1.25 bits per heavy atom. The fourth-order valence-corrected chi connectivity index (χ4v) is 1.20. The van der Waals surface area contributed by atoms with Gasteiger partial charge in [-0.1, -0.05) is 40.3 Å². The van der Waals surface area contributed by atoms with Gasteiger partial charge in [-0.05, 0) is 11.5 Å². The van der Waals surface area contributed by atoms with Crippen molar-refractivity contribution in [3.8, 4) is 0 Å². The van der Waals surface area contributed by atoms with Crippen LogP contribution >= 0.6 is 0 Å². The molecule has 1 nitrogen and oxygen atoms in total. The quantitative estimate of drug-likeness (QED) is 0.460. The van der Waals surface area contributed by atoms with Crippen molar-refractivity contribution >= 4 is 8.80 Å². The SMILES string of the molecule is CCCCOCC(C)(C)[SiH](C)C. The van der Waals surface area contributed by atoms with Crippen LogP contribution in [0.25, 0.3) is 0 Å². The second-order valence-corrected chi connectivity index (χ2v) is 8.42. The number of rotatable bonds is 6. The van der Waals surface area contributed by atoms with E-state index >= 15 is 0 Å². The summed E-state index contributed by atoms with van der Waals surface area (Å²) in [6.07, 6.45) is 2.44. The Morgan fingerprint density at radius 3 is 2.25 bits per heavy atom. The van der Waals surface area contributed by atoms with Crippen molar-refractivity contribution in [2.45, 2.75) is 51.7 Å². The maximum absolute atomic E-state index is 5.63. The molecule has 74 valence electrons. The fraction of sp³-hybridized carbons (Fsp3) is 1.00. The van der Waals surface area contributed by atoms with Crippen molar-refractivity contribution in [1.82, 2.24) is 0 Å². The lowest BCUT2D eigenvalue weighted by atomic mass is 10.2. The molecule has 0 amide bonds. The molecular formula is C10H24OSi. The van der Waals surface area contributed by atoms with Gasteiger partial charge in [-0.25, -0.2) is 0 Å². The van der Waals surface area contributed by atoms with Gasteiger partial charge in [-0.15, -0.1) is 0 Å². The first-order chi connectivity index (χ1) is 5.50. The van der Waals surface area contributed by atoms with Crippen molar-refractivity contribution in [1.29, 1.82) is 0 Å². The second kappa shape index (κ2) is 5.76. The van der Waals surface area contributed by atoms with Gasteiger partial charge in [-0.2, -0.15) is 0 Å². The number of ether oxygens (including phenoxy) is 1. The van der Waals surface area contributed by atoms with E-state index in [0.717, 1.165) is 13.2 Å². The lowest BCUT2D eigenvalue weighted by Crippen LogP contribution is -2.26. The molecule has 2 heteroatoms. The zero-order valence-corrected chi connectivity index (χ0v) is 10.5. The van der Waals surface area contributed by atoms with E-state index in [4.69, 9.17) is 4.74 Å². The van der Waals surface area contributed by atoms with Crippen LogP contribution in [-0.2, 0) is 4.74 Å². The minimum absolute atomic E-state index is 0.466. The third-order valence-corrected chi connectivity index (χ3v) is 5.97. The van der Waals surface area contributed by atoms with Crippen LogP contribution in [-0.4, -0.2) is 22.0 Å². The molecule has 0 N–H and O–H groups in total. The number of hydrogen-bond donors (Lipinski definition) is 0. The van der Waals surface area contributed by atoms with Crippen molar-refractivity contribution in [2.75, 3.05) is 13.2 Å². The molecule has 0 saturated heterocycles. The van der Waals surface area contributed by atoms with Crippen molar-refractivity contribution in [3.05, 3.63) is 0 Å². The molecule has 0 spiro atoms. The predicted molar refractivity (Wildman–Crippen MR) is 58.6 cm³/mol. The molecule has 0 atom stereocenters. The summed E-state index contributed by atoms with van der Waals surface area (Å²) in [6, 6.07) is 0. The van der Waals surface area contributed by atoms with Gasteiger partial charge in [0.15, 0.2) is 0 Å². The first-order valence-corrected chi connectivity index (χ1v) is 7.97. The largest absolute Gasteiger partial charge is 0.381 e. The standard InChI is InChI=1S/C10H24OSi/c1-6-7-8-11-9-10(2,3)12(4)5/h12H,6-9H2,1-5H3. The summed E-state index contributed by atoms with van der Waals surface area (Å²) in [5, 5.41) is 0.466. The van der Waals surface area contributed by atoms with E-state index in [1.165, 1.54) is 12.8 Å². The molecule has 0 aliphatic heterocycles. The van der Waals surface area contributed by atoms with Gasteiger partial charge >= 0.3 is 0 Å². The Balaban J connectivity index is 3.47. The lowest BCUT2D eigenvalue weighted by molar-refractivity contribution is 0.111. The average molecular weight is 188 g/mol. The lowest BCUT2D eigenvalue weighted by Gasteiger charge is -2.27. The topological polar surface area (TPSA) is 9.23 Å². The van der Waals surface area contributed by atoms with E-state index in [0.29, 0.717) is 5.04 Å². The van der Waals surface area contributed by atoms with Crippen LogP contribution in [0.3, 0.4) is 0 Å². The summed E-state index contributed by atoms with van der Waals surface area (Å²) < 4.78 is 5.63. The molecule has 0 aliphatic carbocycles. The Bertz CT molecular complexity index is 110. The summed E-state index contributed by atoms with van der Waals surface area (Å²) in [7, 11) is -0.556. The molecule has 12 heavy (non-hydrogen) atoms. The maximum Gasteiger partial charge on any atom is 0.0490 e. The smallest absolute Gasteiger partial charge is 0.0490 e. The molecule has 0 radical (unpaired) electrons. The van der Waals surface area contributed by atoms with Crippen LogP contribution < -0.4 is 0 Å². The van der Waals surface area contributed by atoms with E-state index in [1.807, 2.05) is 0 Å². The van der Waals surface area contributed by atoms with E-state index in [-0.39, 0.29) is 0 Å². The van der Waals surface area contributed by atoms with Gasteiger partial charge in [0.25, 0.3) is 0 Å². The summed E-state index contributed by atoms with van der Waals surface area (Å²) >= 11 is 0. The highest BCUT2D eigenvalue weighted by atomic mass is 28.3. The van der Waals surface area contributed by atoms with Gasteiger partial charge in [0, 0.05) is 22.0 Å². The van der Waals surface area contributed by atoms with Gasteiger partial charge < -0.3 is 4.74 Å². The molecule has 0 heterocycles. The zero-order valence-electron chi connectivity index (χ0n) is 9.31. The minimum atomic E-state index is -0.556. The molecule has 0 fully saturated rings. The van der Waals surface area contributed by atoms with Crippen LogP contribution in [0.4, 0.5) is 0 Å². The molecule has 0 aromatic rings. The molecule has 0 rings (SSSR count).